The Bertz CT molecular complexity index is 488. The standard InChI is InChI=1S/C17H28N4S2/c1-4-5-6-7-14(3)12-18-16(22)20-21-17(23)19-15-10-8-13(2)9-11-15/h8-11,14H,4-7,12H2,1-3H3,(H2,18,20,22)(H2,19,21,23)/t14-/m1/s1. The molecule has 0 saturated heterocycles. The number of hydrogen-bond acceptors (Lipinski definition) is 2. The summed E-state index contributed by atoms with van der Waals surface area (Å²) < 4.78 is 0. The summed E-state index contributed by atoms with van der Waals surface area (Å²) in [5.41, 5.74) is 7.95. The number of hydrogen-bond donors (Lipinski definition) is 4. The zero-order chi connectivity index (χ0) is 17.1. The molecular weight excluding hydrogens is 324 g/mol. The molecule has 23 heavy (non-hydrogen) atoms. The van der Waals surface area contributed by atoms with Gasteiger partial charge in [-0.25, -0.2) is 0 Å². The molecule has 0 aliphatic rings. The minimum Gasteiger partial charge on any atom is -0.361 e. The van der Waals surface area contributed by atoms with E-state index in [1.165, 1.54) is 31.2 Å². The summed E-state index contributed by atoms with van der Waals surface area (Å²) in [7, 11) is 0. The first-order valence-corrected chi connectivity index (χ1v) is 9.00. The molecule has 0 aromatic heterocycles. The fourth-order valence-electron chi connectivity index (χ4n) is 2.07. The predicted molar refractivity (Wildman–Crippen MR) is 108 cm³/mol. The van der Waals surface area contributed by atoms with E-state index in [9.17, 15) is 0 Å². The van der Waals surface area contributed by atoms with Crippen molar-refractivity contribution in [3.63, 3.8) is 0 Å². The highest BCUT2D eigenvalue weighted by Crippen LogP contribution is 2.08. The number of hydrazine groups is 1. The summed E-state index contributed by atoms with van der Waals surface area (Å²) >= 11 is 10.5. The predicted octanol–water partition coefficient (Wildman–Crippen LogP) is 3.88. The molecule has 4 N–H and O–H groups in total. The van der Waals surface area contributed by atoms with E-state index < -0.39 is 0 Å². The van der Waals surface area contributed by atoms with Crippen molar-refractivity contribution in [3.05, 3.63) is 29.8 Å². The van der Waals surface area contributed by atoms with Crippen LogP contribution in [0.5, 0.6) is 0 Å². The molecule has 0 fully saturated rings. The SMILES string of the molecule is CCCCC[C@@H](C)CNC(=S)NNC(=S)Nc1ccc(C)cc1. The second kappa shape index (κ2) is 11.2. The molecule has 1 aromatic carbocycles. The van der Waals surface area contributed by atoms with E-state index in [-0.39, 0.29) is 0 Å². The van der Waals surface area contributed by atoms with E-state index in [2.05, 4.69) is 42.3 Å². The normalized spacial score (nSPS) is 11.4. The molecule has 0 heterocycles. The third-order valence-corrected chi connectivity index (χ3v) is 3.96. The quantitative estimate of drug-likeness (QED) is 0.339. The molecule has 1 rings (SSSR count). The number of rotatable bonds is 7. The molecule has 0 spiro atoms. The van der Waals surface area contributed by atoms with Gasteiger partial charge in [-0.3, -0.25) is 10.9 Å². The maximum absolute atomic E-state index is 5.24. The molecule has 6 heteroatoms. The van der Waals surface area contributed by atoms with Gasteiger partial charge in [0.05, 0.1) is 0 Å². The number of unbranched alkanes of at least 4 members (excludes halogenated alkanes) is 2. The minimum atomic E-state index is 0.481. The molecule has 0 radical (unpaired) electrons. The van der Waals surface area contributed by atoms with E-state index in [1.54, 1.807) is 0 Å². The molecular formula is C17H28N4S2. The summed E-state index contributed by atoms with van der Waals surface area (Å²) in [5, 5.41) is 7.34. The molecule has 0 unspecified atom stereocenters. The van der Waals surface area contributed by atoms with Crippen LogP contribution >= 0.6 is 24.4 Å². The highest BCUT2D eigenvalue weighted by atomic mass is 32.1. The van der Waals surface area contributed by atoms with Crippen molar-refractivity contribution in [2.75, 3.05) is 11.9 Å². The summed E-state index contributed by atoms with van der Waals surface area (Å²) in [6, 6.07) is 8.03. The van der Waals surface area contributed by atoms with Crippen molar-refractivity contribution in [1.29, 1.82) is 0 Å². The van der Waals surface area contributed by atoms with E-state index >= 15 is 0 Å². The molecule has 128 valence electrons. The zero-order valence-corrected chi connectivity index (χ0v) is 15.9. The zero-order valence-electron chi connectivity index (χ0n) is 14.2. The summed E-state index contributed by atoms with van der Waals surface area (Å²) in [4.78, 5) is 0. The van der Waals surface area contributed by atoms with Crippen molar-refractivity contribution in [1.82, 2.24) is 16.2 Å². The summed E-state index contributed by atoms with van der Waals surface area (Å²) in [6.07, 6.45) is 5.07. The Hall–Kier alpha value is -1.40. The van der Waals surface area contributed by atoms with E-state index in [0.717, 1.165) is 12.2 Å². The lowest BCUT2D eigenvalue weighted by atomic mass is 10.0. The Morgan fingerprint density at radius 3 is 2.35 bits per heavy atom. The van der Waals surface area contributed by atoms with Gasteiger partial charge in [0.15, 0.2) is 10.2 Å². The Balaban J connectivity index is 2.17. The fraction of sp³-hybridized carbons (Fsp3) is 0.529. The Kier molecular flexibility index (Phi) is 9.55. The van der Waals surface area contributed by atoms with Crippen LogP contribution in [0.15, 0.2) is 24.3 Å². The molecule has 1 atom stereocenters. The molecule has 4 nitrogen and oxygen atoms in total. The molecule has 1 aromatic rings. The minimum absolute atomic E-state index is 0.481. The first-order chi connectivity index (χ1) is 11.0. The van der Waals surface area contributed by atoms with Crippen LogP contribution in [0.1, 0.15) is 45.1 Å². The van der Waals surface area contributed by atoms with Gasteiger partial charge >= 0.3 is 0 Å². The topological polar surface area (TPSA) is 48.1 Å². The van der Waals surface area contributed by atoms with Crippen molar-refractivity contribution in [2.24, 2.45) is 5.92 Å². The second-order valence-corrected chi connectivity index (χ2v) is 6.70. The van der Waals surface area contributed by atoms with Gasteiger partial charge in [0, 0.05) is 12.2 Å². The summed E-state index contributed by atoms with van der Waals surface area (Å²) in [6.45, 7) is 7.38. The van der Waals surface area contributed by atoms with Crippen LogP contribution in [0.25, 0.3) is 0 Å². The van der Waals surface area contributed by atoms with Crippen molar-refractivity contribution >= 4 is 40.3 Å². The Labute approximate surface area is 150 Å². The van der Waals surface area contributed by atoms with Gasteiger partial charge in [-0.1, -0.05) is 50.8 Å². The number of aryl methyl sites for hydroxylation is 1. The van der Waals surface area contributed by atoms with Crippen molar-refractivity contribution < 1.29 is 0 Å². The van der Waals surface area contributed by atoms with Gasteiger partial charge in [0.25, 0.3) is 0 Å². The summed E-state index contributed by atoms with van der Waals surface area (Å²) in [5.74, 6) is 0.610. The van der Waals surface area contributed by atoms with E-state index in [4.69, 9.17) is 24.4 Å². The van der Waals surface area contributed by atoms with E-state index in [0.29, 0.717) is 16.1 Å². The highest BCUT2D eigenvalue weighted by Gasteiger charge is 2.03. The van der Waals surface area contributed by atoms with Crippen molar-refractivity contribution in [3.8, 4) is 0 Å². The smallest absolute Gasteiger partial charge is 0.189 e. The highest BCUT2D eigenvalue weighted by molar-refractivity contribution is 7.80. The first-order valence-electron chi connectivity index (χ1n) is 8.18. The van der Waals surface area contributed by atoms with Gasteiger partial charge in [0.2, 0.25) is 0 Å². The molecule has 0 aliphatic heterocycles. The van der Waals surface area contributed by atoms with Gasteiger partial charge < -0.3 is 10.6 Å². The molecule has 0 bridgehead atoms. The number of benzene rings is 1. The lowest BCUT2D eigenvalue weighted by Gasteiger charge is -2.16. The third kappa shape index (κ3) is 9.36. The van der Waals surface area contributed by atoms with E-state index in [1.807, 2.05) is 24.3 Å². The van der Waals surface area contributed by atoms with Crippen LogP contribution < -0.4 is 21.5 Å². The van der Waals surface area contributed by atoms with Crippen LogP contribution in [-0.2, 0) is 0 Å². The number of thiocarbonyl (C=S) groups is 2. The maximum atomic E-state index is 5.24. The van der Waals surface area contributed by atoms with Gasteiger partial charge in [0.1, 0.15) is 0 Å². The third-order valence-electron chi connectivity index (χ3n) is 3.51. The van der Waals surface area contributed by atoms with Crippen LogP contribution in [0.2, 0.25) is 0 Å². The van der Waals surface area contributed by atoms with Crippen LogP contribution in [0.3, 0.4) is 0 Å². The van der Waals surface area contributed by atoms with Gasteiger partial charge in [-0.2, -0.15) is 0 Å². The lowest BCUT2D eigenvalue weighted by molar-refractivity contribution is 0.486. The second-order valence-electron chi connectivity index (χ2n) is 5.88. The largest absolute Gasteiger partial charge is 0.361 e. The monoisotopic (exact) mass is 352 g/mol. The number of anilines is 1. The molecule has 0 amide bonds. The van der Waals surface area contributed by atoms with Gasteiger partial charge in [-0.05, 0) is 55.8 Å². The van der Waals surface area contributed by atoms with Crippen LogP contribution in [0, 0.1) is 12.8 Å². The van der Waals surface area contributed by atoms with Gasteiger partial charge in [-0.15, -0.1) is 0 Å². The Morgan fingerprint density at radius 2 is 1.70 bits per heavy atom. The lowest BCUT2D eigenvalue weighted by Crippen LogP contribution is -2.48. The number of nitrogens with one attached hydrogen (secondary N) is 4. The van der Waals surface area contributed by atoms with Crippen molar-refractivity contribution in [2.45, 2.75) is 46.5 Å². The average molecular weight is 353 g/mol. The maximum Gasteiger partial charge on any atom is 0.189 e. The fourth-order valence-corrected chi connectivity index (χ4v) is 2.37. The molecule has 0 saturated carbocycles. The first kappa shape index (κ1) is 19.6. The Morgan fingerprint density at radius 1 is 1.04 bits per heavy atom. The molecule has 0 aliphatic carbocycles. The average Bonchev–Trinajstić information content (AvgIpc) is 2.53. The van der Waals surface area contributed by atoms with Crippen LogP contribution in [0.4, 0.5) is 5.69 Å². The van der Waals surface area contributed by atoms with Crippen LogP contribution in [-0.4, -0.2) is 16.8 Å².